The van der Waals surface area contributed by atoms with Gasteiger partial charge in [0.25, 0.3) is 0 Å². The van der Waals surface area contributed by atoms with E-state index in [-0.39, 0.29) is 5.76 Å². The number of hydrogen-bond donors (Lipinski definition) is 2. The van der Waals surface area contributed by atoms with Crippen LogP contribution in [0.2, 0.25) is 0 Å². The molecule has 0 bridgehead atoms. The summed E-state index contributed by atoms with van der Waals surface area (Å²) < 4.78 is 0. The minimum Gasteiger partial charge on any atom is -0.508 e. The minimum atomic E-state index is -1.12. The van der Waals surface area contributed by atoms with Crippen molar-refractivity contribution in [2.45, 2.75) is 58.3 Å². The number of aliphatic hydroxyl groups is 1. The molecule has 0 aromatic carbocycles. The Morgan fingerprint density at radius 1 is 1.00 bits per heavy atom. The zero-order valence-electron chi connectivity index (χ0n) is 10.7. The first-order chi connectivity index (χ1) is 8.16. The number of unbranched alkanes of at least 4 members (excludes halogenated alkanes) is 7. The quantitative estimate of drug-likeness (QED) is 0.260. The van der Waals surface area contributed by atoms with E-state index in [1.165, 1.54) is 44.6 Å². The largest absolute Gasteiger partial charge is 0.508 e. The van der Waals surface area contributed by atoms with Gasteiger partial charge in [-0.15, -0.1) is 0 Å². The van der Waals surface area contributed by atoms with Gasteiger partial charge >= 0.3 is 5.97 Å². The molecule has 0 spiro atoms. The van der Waals surface area contributed by atoms with Gasteiger partial charge in [-0.05, 0) is 18.9 Å². The molecule has 0 aliphatic carbocycles. The second kappa shape index (κ2) is 11.2. The molecule has 0 saturated heterocycles. The number of carboxylic acid groups (broad SMARTS) is 1. The van der Waals surface area contributed by atoms with Gasteiger partial charge in [0.1, 0.15) is 5.76 Å². The van der Waals surface area contributed by atoms with Gasteiger partial charge in [-0.1, -0.05) is 51.5 Å². The standard InChI is InChI=1S/C14H24O3/c1-2-3-4-5-6-7-8-9-10-11-13(15)12-14(16)17/h10-12,15H,2-9H2,1H3,(H,16,17). The van der Waals surface area contributed by atoms with Crippen molar-refractivity contribution in [2.24, 2.45) is 0 Å². The lowest BCUT2D eigenvalue weighted by atomic mass is 10.1. The molecule has 0 heterocycles. The number of rotatable bonds is 10. The molecule has 0 amide bonds. The Labute approximate surface area is 104 Å². The molecular weight excluding hydrogens is 216 g/mol. The highest BCUT2D eigenvalue weighted by molar-refractivity contribution is 5.80. The molecule has 0 saturated carbocycles. The Morgan fingerprint density at radius 3 is 2.18 bits per heavy atom. The van der Waals surface area contributed by atoms with Crippen molar-refractivity contribution in [1.82, 2.24) is 0 Å². The molecule has 0 aliphatic heterocycles. The van der Waals surface area contributed by atoms with Gasteiger partial charge in [-0.2, -0.15) is 0 Å². The molecule has 0 unspecified atom stereocenters. The first-order valence-electron chi connectivity index (χ1n) is 6.47. The van der Waals surface area contributed by atoms with Crippen LogP contribution in [0.15, 0.2) is 24.0 Å². The van der Waals surface area contributed by atoms with Crippen LogP contribution in [0.3, 0.4) is 0 Å². The van der Waals surface area contributed by atoms with E-state index in [4.69, 9.17) is 10.2 Å². The molecule has 0 atom stereocenters. The number of carbonyl (C=O) groups is 1. The van der Waals surface area contributed by atoms with Gasteiger partial charge in [-0.25, -0.2) is 4.79 Å². The number of allylic oxidation sites excluding steroid dienone is 2. The minimum absolute atomic E-state index is 0.194. The van der Waals surface area contributed by atoms with Crippen LogP contribution in [0.25, 0.3) is 0 Å². The second-order valence-corrected chi connectivity index (χ2v) is 4.22. The lowest BCUT2D eigenvalue weighted by molar-refractivity contribution is -0.131. The first kappa shape index (κ1) is 15.8. The molecule has 0 aromatic heterocycles. The van der Waals surface area contributed by atoms with Gasteiger partial charge in [-0.3, -0.25) is 0 Å². The summed E-state index contributed by atoms with van der Waals surface area (Å²) in [7, 11) is 0. The summed E-state index contributed by atoms with van der Waals surface area (Å²) >= 11 is 0. The maximum absolute atomic E-state index is 10.2. The first-order valence-corrected chi connectivity index (χ1v) is 6.47. The highest BCUT2D eigenvalue weighted by Crippen LogP contribution is 2.08. The fourth-order valence-corrected chi connectivity index (χ4v) is 1.60. The smallest absolute Gasteiger partial charge is 0.332 e. The molecule has 17 heavy (non-hydrogen) atoms. The fraction of sp³-hybridized carbons (Fsp3) is 0.643. The Hall–Kier alpha value is -1.25. The number of carboxylic acids is 1. The molecular formula is C14H24O3. The van der Waals surface area contributed by atoms with Crippen LogP contribution >= 0.6 is 0 Å². The number of aliphatic carboxylic acids is 1. The van der Waals surface area contributed by atoms with E-state index in [0.29, 0.717) is 0 Å². The van der Waals surface area contributed by atoms with Crippen LogP contribution in [0.4, 0.5) is 0 Å². The molecule has 0 rings (SSSR count). The third-order valence-electron chi connectivity index (χ3n) is 2.53. The molecule has 3 nitrogen and oxygen atoms in total. The summed E-state index contributed by atoms with van der Waals surface area (Å²) in [6.07, 6.45) is 13.8. The van der Waals surface area contributed by atoms with Crippen molar-refractivity contribution in [1.29, 1.82) is 0 Å². The molecule has 3 heteroatoms. The van der Waals surface area contributed by atoms with Crippen molar-refractivity contribution < 1.29 is 15.0 Å². The molecule has 0 fully saturated rings. The third-order valence-corrected chi connectivity index (χ3v) is 2.53. The van der Waals surface area contributed by atoms with E-state index in [0.717, 1.165) is 18.9 Å². The monoisotopic (exact) mass is 240 g/mol. The summed E-state index contributed by atoms with van der Waals surface area (Å²) in [6, 6.07) is 0. The van der Waals surface area contributed by atoms with E-state index < -0.39 is 5.97 Å². The van der Waals surface area contributed by atoms with Gasteiger partial charge in [0.15, 0.2) is 0 Å². The number of hydrogen-bond acceptors (Lipinski definition) is 2. The van der Waals surface area contributed by atoms with Crippen LogP contribution in [-0.4, -0.2) is 16.2 Å². The SMILES string of the molecule is CCCCCCCCCC=CC(O)=CC(=O)O. The highest BCUT2D eigenvalue weighted by Gasteiger charge is 1.92. The Kier molecular flexibility index (Phi) is 10.4. The summed E-state index contributed by atoms with van der Waals surface area (Å²) in [5.74, 6) is -1.32. The summed E-state index contributed by atoms with van der Waals surface area (Å²) in [5.41, 5.74) is 0. The zero-order valence-corrected chi connectivity index (χ0v) is 10.7. The van der Waals surface area contributed by atoms with E-state index >= 15 is 0 Å². The normalized spacial score (nSPS) is 12.2. The van der Waals surface area contributed by atoms with Gasteiger partial charge < -0.3 is 10.2 Å². The summed E-state index contributed by atoms with van der Waals surface area (Å²) in [4.78, 5) is 10.2. The van der Waals surface area contributed by atoms with E-state index in [1.54, 1.807) is 0 Å². The van der Waals surface area contributed by atoms with Crippen molar-refractivity contribution in [2.75, 3.05) is 0 Å². The third kappa shape index (κ3) is 12.7. The Morgan fingerprint density at radius 2 is 1.59 bits per heavy atom. The second-order valence-electron chi connectivity index (χ2n) is 4.22. The van der Waals surface area contributed by atoms with Gasteiger partial charge in [0.05, 0.1) is 6.08 Å². The van der Waals surface area contributed by atoms with Crippen molar-refractivity contribution in [3.63, 3.8) is 0 Å². The molecule has 98 valence electrons. The Bertz CT molecular complexity index is 254. The van der Waals surface area contributed by atoms with Crippen LogP contribution in [0, 0.1) is 0 Å². The van der Waals surface area contributed by atoms with E-state index in [9.17, 15) is 4.79 Å². The van der Waals surface area contributed by atoms with E-state index in [2.05, 4.69) is 6.92 Å². The fourth-order valence-electron chi connectivity index (χ4n) is 1.60. The maximum Gasteiger partial charge on any atom is 0.332 e. The topological polar surface area (TPSA) is 57.5 Å². The van der Waals surface area contributed by atoms with Gasteiger partial charge in [0, 0.05) is 0 Å². The van der Waals surface area contributed by atoms with Crippen LogP contribution in [0.5, 0.6) is 0 Å². The molecule has 2 N–H and O–H groups in total. The average Bonchev–Trinajstić information content (AvgIpc) is 2.26. The van der Waals surface area contributed by atoms with Gasteiger partial charge in [0.2, 0.25) is 0 Å². The molecule has 0 aromatic rings. The molecule has 0 radical (unpaired) electrons. The van der Waals surface area contributed by atoms with Crippen LogP contribution < -0.4 is 0 Å². The van der Waals surface area contributed by atoms with Crippen molar-refractivity contribution in [3.8, 4) is 0 Å². The Balaban J connectivity index is 3.39. The highest BCUT2D eigenvalue weighted by atomic mass is 16.4. The predicted octanol–water partition coefficient (Wildman–Crippen LogP) is 4.21. The lowest BCUT2D eigenvalue weighted by Gasteiger charge is -1.98. The summed E-state index contributed by atoms with van der Waals surface area (Å²) in [6.45, 7) is 2.21. The van der Waals surface area contributed by atoms with Crippen molar-refractivity contribution >= 4 is 5.97 Å². The zero-order chi connectivity index (χ0) is 12.9. The number of aliphatic hydroxyl groups excluding tert-OH is 1. The van der Waals surface area contributed by atoms with E-state index in [1.807, 2.05) is 6.08 Å². The molecule has 0 aliphatic rings. The lowest BCUT2D eigenvalue weighted by Crippen LogP contribution is -1.89. The maximum atomic E-state index is 10.2. The van der Waals surface area contributed by atoms with Crippen molar-refractivity contribution in [3.05, 3.63) is 24.0 Å². The summed E-state index contributed by atoms with van der Waals surface area (Å²) in [5, 5.41) is 17.5. The van der Waals surface area contributed by atoms with Crippen LogP contribution in [-0.2, 0) is 4.79 Å². The van der Waals surface area contributed by atoms with Crippen LogP contribution in [0.1, 0.15) is 58.3 Å². The average molecular weight is 240 g/mol. The predicted molar refractivity (Wildman–Crippen MR) is 70.1 cm³/mol.